The van der Waals surface area contributed by atoms with E-state index in [1.165, 1.54) is 13.8 Å². The molecular weight excluding hydrogens is 523 g/mol. The number of nitrogens with two attached hydrogens (primary N) is 2. The molecule has 0 aliphatic rings. The number of alkyl halides is 1. The number of hydrogen-bond donors (Lipinski definition) is 7. The summed E-state index contributed by atoms with van der Waals surface area (Å²) in [5.41, 5.74) is 9.60. The van der Waals surface area contributed by atoms with E-state index in [1.54, 1.807) is 0 Å². The van der Waals surface area contributed by atoms with E-state index in [1.807, 2.05) is 22.6 Å². The van der Waals surface area contributed by atoms with Crippen LogP contribution in [0.3, 0.4) is 0 Å². The minimum absolute atomic E-state index is 0.0640. The number of thiol groups is 3. The van der Waals surface area contributed by atoms with Crippen LogP contribution in [0, 0.1) is 0 Å². The van der Waals surface area contributed by atoms with Gasteiger partial charge in [-0.15, -0.1) is 0 Å². The minimum atomic E-state index is -0.313. The van der Waals surface area contributed by atoms with Gasteiger partial charge in [-0.1, -0.05) is 22.6 Å². The summed E-state index contributed by atoms with van der Waals surface area (Å²) in [7, 11) is 0. The van der Waals surface area contributed by atoms with Crippen LogP contribution < -0.4 is 22.1 Å². The average Bonchev–Trinajstić information content (AvgIpc) is 2.59. The second-order valence-electron chi connectivity index (χ2n) is 5.18. The number of rotatable bonds is 12. The highest BCUT2D eigenvalue weighted by Crippen LogP contribution is 1.92. The monoisotopic (exact) mass is 554 g/mol. The molecule has 27 heavy (non-hydrogen) atoms. The van der Waals surface area contributed by atoms with Crippen molar-refractivity contribution < 1.29 is 19.2 Å². The molecule has 0 aromatic carbocycles. The van der Waals surface area contributed by atoms with Crippen molar-refractivity contribution in [2.45, 2.75) is 38.8 Å². The molecule has 0 saturated carbocycles. The van der Waals surface area contributed by atoms with Crippen molar-refractivity contribution in [1.29, 1.82) is 0 Å². The van der Waals surface area contributed by atoms with E-state index in [2.05, 4.69) is 54.3 Å². The van der Waals surface area contributed by atoms with Gasteiger partial charge >= 0.3 is 0 Å². The van der Waals surface area contributed by atoms with Gasteiger partial charge in [-0.05, 0) is 26.8 Å². The number of halogens is 1. The molecule has 0 heterocycles. The van der Waals surface area contributed by atoms with Gasteiger partial charge < -0.3 is 16.8 Å². The number of primary amides is 2. The molecule has 0 aromatic rings. The van der Waals surface area contributed by atoms with Gasteiger partial charge in [0.1, 0.15) is 11.6 Å². The summed E-state index contributed by atoms with van der Waals surface area (Å²) in [6.45, 7) is 3.67. The van der Waals surface area contributed by atoms with Crippen LogP contribution in [0.5, 0.6) is 0 Å². The van der Waals surface area contributed by atoms with Gasteiger partial charge in [-0.25, -0.2) is 0 Å². The van der Waals surface area contributed by atoms with Gasteiger partial charge in [0.05, 0.1) is 16.5 Å². The molecule has 2 atom stereocenters. The topological polar surface area (TPSA) is 144 Å². The molecule has 0 aliphatic heterocycles. The average molecular weight is 555 g/mol. The normalized spacial score (nSPS) is 11.8. The molecule has 0 unspecified atom stereocenters. The smallest absolute Gasteiger partial charge is 0.227 e. The van der Waals surface area contributed by atoms with Gasteiger partial charge in [0.2, 0.25) is 11.8 Å². The van der Waals surface area contributed by atoms with E-state index < -0.39 is 0 Å². The van der Waals surface area contributed by atoms with Gasteiger partial charge in [0, 0.05) is 23.8 Å². The van der Waals surface area contributed by atoms with E-state index >= 15 is 0 Å². The summed E-state index contributed by atoms with van der Waals surface area (Å²) in [5.74, 6) is 1.14. The van der Waals surface area contributed by atoms with Crippen molar-refractivity contribution >= 4 is 83.9 Å². The largest absolute Gasteiger partial charge is 0.370 e. The molecule has 0 saturated heterocycles. The van der Waals surface area contributed by atoms with Gasteiger partial charge in [0.15, 0.2) is 0 Å². The standard InChI is InChI=1S/C8H16N2O2S.C5H11NOS2.C2H4INO/c1-6(11)7(5-13)10-4-2-3-8(9)12;1-4(7)5(2-8)6-3-9;3-1-2(4)5/h7,10,13H,2-5H2,1H3,(H2,9,12);5-6,8-9H,2-3H2,1H3;1H2,(H2,4,5)/t7-;5-;/m00./s1. The van der Waals surface area contributed by atoms with E-state index in [0.29, 0.717) is 41.2 Å². The number of carbonyl (C=O) groups is 4. The third-order valence-corrected chi connectivity index (χ3v) is 4.47. The quantitative estimate of drug-likeness (QED) is 0.0595. The maximum Gasteiger partial charge on any atom is 0.227 e. The zero-order valence-corrected chi connectivity index (χ0v) is 20.5. The van der Waals surface area contributed by atoms with Crippen LogP contribution >= 0.6 is 60.5 Å². The summed E-state index contributed by atoms with van der Waals surface area (Å²) in [6.07, 6.45) is 1.01. The van der Waals surface area contributed by atoms with Crippen molar-refractivity contribution in [1.82, 2.24) is 10.6 Å². The summed E-state index contributed by atoms with van der Waals surface area (Å²) >= 11 is 13.8. The lowest BCUT2D eigenvalue weighted by Crippen LogP contribution is -2.37. The molecule has 0 bridgehead atoms. The number of ketones is 2. The van der Waals surface area contributed by atoms with Crippen LogP contribution in [0.4, 0.5) is 0 Å². The predicted octanol–water partition coefficient (Wildman–Crippen LogP) is -0.0137. The summed E-state index contributed by atoms with van der Waals surface area (Å²) < 4.78 is 0.414. The molecule has 0 aliphatic carbocycles. The van der Waals surface area contributed by atoms with E-state index in [0.717, 1.165) is 0 Å². The van der Waals surface area contributed by atoms with Crippen LogP contribution in [0.15, 0.2) is 0 Å². The number of hydrogen-bond acceptors (Lipinski definition) is 9. The van der Waals surface area contributed by atoms with Crippen LogP contribution in [0.25, 0.3) is 0 Å². The molecule has 0 fully saturated rings. The first-order valence-electron chi connectivity index (χ1n) is 8.00. The Morgan fingerprint density at radius 2 is 1.30 bits per heavy atom. The van der Waals surface area contributed by atoms with Crippen molar-refractivity contribution in [3.63, 3.8) is 0 Å². The first-order chi connectivity index (χ1) is 12.6. The molecule has 0 rings (SSSR count). The van der Waals surface area contributed by atoms with Crippen LogP contribution in [-0.2, 0) is 19.2 Å². The fourth-order valence-electron chi connectivity index (χ4n) is 1.32. The van der Waals surface area contributed by atoms with Crippen LogP contribution in [0.2, 0.25) is 0 Å². The summed E-state index contributed by atoms with van der Waals surface area (Å²) in [4.78, 5) is 41.5. The predicted molar refractivity (Wildman–Crippen MR) is 128 cm³/mol. The minimum Gasteiger partial charge on any atom is -0.370 e. The molecule has 12 heteroatoms. The highest BCUT2D eigenvalue weighted by atomic mass is 127. The maximum atomic E-state index is 10.9. The third kappa shape index (κ3) is 26.0. The molecule has 0 spiro atoms. The first-order valence-corrected chi connectivity index (χ1v) is 11.4. The van der Waals surface area contributed by atoms with Gasteiger partial charge in [-0.3, -0.25) is 24.5 Å². The second-order valence-corrected chi connectivity index (χ2v) is 6.99. The Bertz CT molecular complexity index is 445. The molecule has 8 nitrogen and oxygen atoms in total. The first kappa shape index (κ1) is 31.7. The number of amides is 2. The lowest BCUT2D eigenvalue weighted by molar-refractivity contribution is -0.119. The zero-order chi connectivity index (χ0) is 21.8. The molecule has 0 radical (unpaired) electrons. The third-order valence-electron chi connectivity index (χ3n) is 2.81. The summed E-state index contributed by atoms with van der Waals surface area (Å²) in [6, 6.07) is -0.345. The van der Waals surface area contributed by atoms with Crippen molar-refractivity contribution in [2.24, 2.45) is 11.5 Å². The Labute approximate surface area is 191 Å². The Morgan fingerprint density at radius 1 is 0.889 bits per heavy atom. The highest BCUT2D eigenvalue weighted by Gasteiger charge is 2.10. The number of Topliss-reactive ketones (excluding diaryl/α,β-unsaturated/α-hetero) is 2. The van der Waals surface area contributed by atoms with Crippen molar-refractivity contribution in [2.75, 3.05) is 28.4 Å². The number of nitrogens with one attached hydrogen (secondary N) is 2. The Balaban J connectivity index is -0.000000356. The van der Waals surface area contributed by atoms with Crippen LogP contribution in [-0.4, -0.2) is 63.8 Å². The van der Waals surface area contributed by atoms with Gasteiger partial charge in [0.25, 0.3) is 0 Å². The van der Waals surface area contributed by atoms with Crippen LogP contribution in [0.1, 0.15) is 26.7 Å². The fourth-order valence-corrected chi connectivity index (χ4v) is 2.32. The highest BCUT2D eigenvalue weighted by molar-refractivity contribution is 14.1. The molecule has 0 aromatic heterocycles. The number of carbonyl (C=O) groups excluding carboxylic acids is 4. The lowest BCUT2D eigenvalue weighted by atomic mass is 10.2. The molecule has 6 N–H and O–H groups in total. The van der Waals surface area contributed by atoms with E-state index in [9.17, 15) is 19.2 Å². The molecule has 160 valence electrons. The Morgan fingerprint density at radius 3 is 1.52 bits per heavy atom. The maximum absolute atomic E-state index is 10.9. The van der Waals surface area contributed by atoms with Crippen molar-refractivity contribution in [3.05, 3.63) is 0 Å². The van der Waals surface area contributed by atoms with Gasteiger partial charge in [-0.2, -0.15) is 37.9 Å². The molecule has 2 amide bonds. The summed E-state index contributed by atoms with van der Waals surface area (Å²) in [5, 5.41) is 5.86. The Kier molecular flexibility index (Phi) is 26.1. The Hall–Kier alpha value is -0.0200. The van der Waals surface area contributed by atoms with Crippen molar-refractivity contribution in [3.8, 4) is 0 Å². The fraction of sp³-hybridized carbons (Fsp3) is 0.733. The second kappa shape index (κ2) is 22.3. The van der Waals surface area contributed by atoms with E-state index in [-0.39, 0.29) is 35.5 Å². The SMILES string of the molecule is CC(=O)[C@H](CS)NCCCC(N)=O.CC(=O)[C@H](CS)NCS.NC(=O)CI. The lowest BCUT2D eigenvalue weighted by Gasteiger charge is -2.12. The molecular formula is C15H31IN4O4S3. The van der Waals surface area contributed by atoms with E-state index in [4.69, 9.17) is 5.73 Å². The zero-order valence-electron chi connectivity index (χ0n) is 15.6.